The number of aryl methyl sites for hydroxylation is 1. The van der Waals surface area contributed by atoms with Gasteiger partial charge in [-0.15, -0.1) is 0 Å². The first-order valence-electron chi connectivity index (χ1n) is 3.98. The molecule has 1 heterocycles. The van der Waals surface area contributed by atoms with Crippen molar-refractivity contribution < 1.29 is 14.0 Å². The van der Waals surface area contributed by atoms with E-state index >= 15 is 0 Å². The van der Waals surface area contributed by atoms with E-state index in [1.54, 1.807) is 19.4 Å². The lowest BCUT2D eigenvalue weighted by Gasteiger charge is -2.12. The minimum absolute atomic E-state index is 0.0907. The maximum atomic E-state index is 11.4. The van der Waals surface area contributed by atoms with Crippen molar-refractivity contribution in [2.24, 2.45) is 0 Å². The van der Waals surface area contributed by atoms with Gasteiger partial charge in [-0.1, -0.05) is 0 Å². The van der Waals surface area contributed by atoms with Gasteiger partial charge in [-0.3, -0.25) is 9.63 Å². The molecule has 4 nitrogen and oxygen atoms in total. The number of hydrogen-bond acceptors (Lipinski definition) is 3. The monoisotopic (exact) mass is 183 g/mol. The molecule has 0 fully saturated rings. The molecule has 1 aromatic rings. The standard InChI is InChI=1S/C9H13NO3/c1-7-8(4-5-13-7)6-9(11)10(2)12-3/h4-5H,6H2,1-3H3. The third-order valence-electron chi connectivity index (χ3n) is 1.93. The number of hydrogen-bond donors (Lipinski definition) is 0. The molecule has 1 aromatic heterocycles. The average molecular weight is 183 g/mol. The first-order valence-corrected chi connectivity index (χ1v) is 3.98. The fourth-order valence-corrected chi connectivity index (χ4v) is 0.971. The van der Waals surface area contributed by atoms with Gasteiger partial charge >= 0.3 is 0 Å². The summed E-state index contributed by atoms with van der Waals surface area (Å²) >= 11 is 0. The molecule has 1 rings (SSSR count). The van der Waals surface area contributed by atoms with Crippen molar-refractivity contribution in [2.45, 2.75) is 13.3 Å². The second kappa shape index (κ2) is 4.09. The number of furan rings is 1. The molecule has 4 heteroatoms. The number of rotatable bonds is 3. The summed E-state index contributed by atoms with van der Waals surface area (Å²) in [6, 6.07) is 1.79. The molecule has 0 radical (unpaired) electrons. The molecule has 0 spiro atoms. The van der Waals surface area contributed by atoms with Crippen molar-refractivity contribution in [1.29, 1.82) is 0 Å². The van der Waals surface area contributed by atoms with Crippen LogP contribution < -0.4 is 0 Å². The molecule has 1 amide bonds. The van der Waals surface area contributed by atoms with Gasteiger partial charge in [0.15, 0.2) is 0 Å². The van der Waals surface area contributed by atoms with Crippen LogP contribution in [0, 0.1) is 6.92 Å². The van der Waals surface area contributed by atoms with Gasteiger partial charge in [-0.05, 0) is 13.0 Å². The molecule has 72 valence electrons. The van der Waals surface area contributed by atoms with Gasteiger partial charge in [0.05, 0.1) is 19.8 Å². The van der Waals surface area contributed by atoms with E-state index in [2.05, 4.69) is 0 Å². The van der Waals surface area contributed by atoms with E-state index in [1.165, 1.54) is 12.2 Å². The highest BCUT2D eigenvalue weighted by molar-refractivity contribution is 5.77. The Labute approximate surface area is 77.0 Å². The van der Waals surface area contributed by atoms with Crippen LogP contribution in [0.15, 0.2) is 16.7 Å². The largest absolute Gasteiger partial charge is 0.469 e. The van der Waals surface area contributed by atoms with Crippen LogP contribution in [-0.4, -0.2) is 25.1 Å². The molecule has 0 saturated heterocycles. The van der Waals surface area contributed by atoms with Gasteiger partial charge in [0.1, 0.15) is 5.76 Å². The maximum Gasteiger partial charge on any atom is 0.250 e. The van der Waals surface area contributed by atoms with Crippen LogP contribution in [0.5, 0.6) is 0 Å². The molecule has 0 saturated carbocycles. The Morgan fingerprint density at radius 1 is 1.69 bits per heavy atom. The Hall–Kier alpha value is -1.29. The Morgan fingerprint density at radius 2 is 2.38 bits per heavy atom. The van der Waals surface area contributed by atoms with Gasteiger partial charge in [0, 0.05) is 12.6 Å². The predicted molar refractivity (Wildman–Crippen MR) is 46.9 cm³/mol. The molecular weight excluding hydrogens is 170 g/mol. The van der Waals surface area contributed by atoms with E-state index < -0.39 is 0 Å². The highest BCUT2D eigenvalue weighted by atomic mass is 16.7. The molecule has 13 heavy (non-hydrogen) atoms. The summed E-state index contributed by atoms with van der Waals surface area (Å²) in [4.78, 5) is 16.1. The van der Waals surface area contributed by atoms with Gasteiger partial charge in [0.25, 0.3) is 0 Å². The van der Waals surface area contributed by atoms with Crippen LogP contribution in [0.2, 0.25) is 0 Å². The van der Waals surface area contributed by atoms with Crippen LogP contribution in [-0.2, 0) is 16.1 Å². The van der Waals surface area contributed by atoms with E-state index in [0.717, 1.165) is 11.3 Å². The van der Waals surface area contributed by atoms with Gasteiger partial charge in [-0.2, -0.15) is 0 Å². The van der Waals surface area contributed by atoms with E-state index in [-0.39, 0.29) is 5.91 Å². The van der Waals surface area contributed by atoms with Gasteiger partial charge in [-0.25, -0.2) is 5.06 Å². The Bertz CT molecular complexity index is 293. The van der Waals surface area contributed by atoms with E-state index in [1.807, 2.05) is 6.92 Å². The van der Waals surface area contributed by atoms with Crippen molar-refractivity contribution in [3.63, 3.8) is 0 Å². The van der Waals surface area contributed by atoms with Gasteiger partial charge < -0.3 is 4.42 Å². The zero-order chi connectivity index (χ0) is 9.84. The van der Waals surface area contributed by atoms with Crippen LogP contribution in [0.25, 0.3) is 0 Å². The highest BCUT2D eigenvalue weighted by Gasteiger charge is 2.11. The van der Waals surface area contributed by atoms with E-state index in [9.17, 15) is 4.79 Å². The second-order valence-electron chi connectivity index (χ2n) is 2.75. The molecule has 0 aliphatic carbocycles. The van der Waals surface area contributed by atoms with Crippen molar-refractivity contribution in [2.75, 3.05) is 14.2 Å². The summed E-state index contributed by atoms with van der Waals surface area (Å²) in [5.74, 6) is 0.685. The number of carbonyl (C=O) groups is 1. The fraction of sp³-hybridized carbons (Fsp3) is 0.444. The molecule has 0 aromatic carbocycles. The normalized spacial score (nSPS) is 10.1. The van der Waals surface area contributed by atoms with Crippen molar-refractivity contribution in [3.05, 3.63) is 23.7 Å². The number of nitrogens with zero attached hydrogens (tertiary/aromatic N) is 1. The third-order valence-corrected chi connectivity index (χ3v) is 1.93. The van der Waals surface area contributed by atoms with Crippen LogP contribution >= 0.6 is 0 Å². The van der Waals surface area contributed by atoms with E-state index in [0.29, 0.717) is 6.42 Å². The van der Waals surface area contributed by atoms with Crippen molar-refractivity contribution >= 4 is 5.91 Å². The number of hydroxylamine groups is 2. The zero-order valence-electron chi connectivity index (χ0n) is 8.03. The highest BCUT2D eigenvalue weighted by Crippen LogP contribution is 2.10. The lowest BCUT2D eigenvalue weighted by molar-refractivity contribution is -0.167. The fourth-order valence-electron chi connectivity index (χ4n) is 0.971. The summed E-state index contributed by atoms with van der Waals surface area (Å²) in [5.41, 5.74) is 0.897. The predicted octanol–water partition coefficient (Wildman–Crippen LogP) is 1.15. The SMILES string of the molecule is CON(C)C(=O)Cc1ccoc1C. The first kappa shape index (κ1) is 9.80. The molecule has 0 atom stereocenters. The third kappa shape index (κ3) is 2.32. The Balaban J connectivity index is 2.60. The summed E-state index contributed by atoms with van der Waals surface area (Å²) in [6.45, 7) is 1.83. The molecule has 0 unspecified atom stereocenters. The number of amides is 1. The summed E-state index contributed by atoms with van der Waals surface area (Å²) < 4.78 is 5.07. The molecule has 0 bridgehead atoms. The Kier molecular flexibility index (Phi) is 3.08. The maximum absolute atomic E-state index is 11.4. The molecule has 0 N–H and O–H groups in total. The number of carbonyl (C=O) groups excluding carboxylic acids is 1. The lowest BCUT2D eigenvalue weighted by Crippen LogP contribution is -2.26. The molecular formula is C9H13NO3. The van der Waals surface area contributed by atoms with Crippen LogP contribution in [0.1, 0.15) is 11.3 Å². The van der Waals surface area contributed by atoms with Crippen molar-refractivity contribution in [3.8, 4) is 0 Å². The minimum Gasteiger partial charge on any atom is -0.469 e. The van der Waals surface area contributed by atoms with Crippen LogP contribution in [0.3, 0.4) is 0 Å². The zero-order valence-corrected chi connectivity index (χ0v) is 8.03. The lowest BCUT2D eigenvalue weighted by atomic mass is 10.2. The number of likely N-dealkylation sites (N-methyl/N-ethyl adjacent to an activating group) is 1. The Morgan fingerprint density at radius 3 is 2.85 bits per heavy atom. The minimum atomic E-state index is -0.0907. The smallest absolute Gasteiger partial charge is 0.250 e. The first-order chi connectivity index (χ1) is 6.15. The van der Waals surface area contributed by atoms with Crippen molar-refractivity contribution in [1.82, 2.24) is 5.06 Å². The quantitative estimate of drug-likeness (QED) is 0.660. The topological polar surface area (TPSA) is 42.7 Å². The van der Waals surface area contributed by atoms with Gasteiger partial charge in [0.2, 0.25) is 5.91 Å². The second-order valence-corrected chi connectivity index (χ2v) is 2.75. The van der Waals surface area contributed by atoms with Crippen LogP contribution in [0.4, 0.5) is 0 Å². The summed E-state index contributed by atoms with van der Waals surface area (Å²) in [7, 11) is 3.04. The average Bonchev–Trinajstić information content (AvgIpc) is 2.50. The summed E-state index contributed by atoms with van der Waals surface area (Å²) in [5, 5.41) is 1.20. The molecule has 0 aliphatic rings. The molecule has 0 aliphatic heterocycles. The summed E-state index contributed by atoms with van der Waals surface area (Å²) in [6.07, 6.45) is 1.89. The van der Waals surface area contributed by atoms with E-state index in [4.69, 9.17) is 9.25 Å².